The van der Waals surface area contributed by atoms with E-state index in [4.69, 9.17) is 20.8 Å². The minimum Gasteiger partial charge on any atom is -0.489 e. The van der Waals surface area contributed by atoms with Gasteiger partial charge in [-0.15, -0.1) is 0 Å². The highest BCUT2D eigenvalue weighted by atomic mass is 35.5. The van der Waals surface area contributed by atoms with Crippen LogP contribution >= 0.6 is 11.6 Å². The minimum absolute atomic E-state index is 0.468. The third-order valence-corrected chi connectivity index (χ3v) is 5.01. The maximum atomic E-state index is 6.06. The number of halogens is 1. The normalized spacial score (nSPS) is 17.8. The van der Waals surface area contributed by atoms with Crippen molar-refractivity contribution in [3.8, 4) is 5.75 Å². The zero-order valence-corrected chi connectivity index (χ0v) is 14.4. The predicted molar refractivity (Wildman–Crippen MR) is 96.5 cm³/mol. The smallest absolute Gasteiger partial charge is 0.134 e. The van der Waals surface area contributed by atoms with Gasteiger partial charge in [-0.3, -0.25) is 4.90 Å². The molecule has 1 unspecified atom stereocenters. The molecule has 2 aromatic carbocycles. The Hall–Kier alpha value is -1.97. The molecule has 0 radical (unpaired) electrons. The first-order valence-corrected chi connectivity index (χ1v) is 8.68. The quantitative estimate of drug-likeness (QED) is 0.633. The van der Waals surface area contributed by atoms with Gasteiger partial charge in [0, 0.05) is 35.1 Å². The molecule has 3 aromatic rings. The van der Waals surface area contributed by atoms with Crippen LogP contribution in [0.5, 0.6) is 5.75 Å². The number of benzene rings is 2. The Bertz CT molecular complexity index is 840. The maximum absolute atomic E-state index is 6.06. The van der Waals surface area contributed by atoms with Gasteiger partial charge in [0.05, 0.1) is 6.26 Å². The second kappa shape index (κ2) is 6.50. The summed E-state index contributed by atoms with van der Waals surface area (Å²) in [6.07, 6.45) is 3.05. The molecule has 1 aliphatic heterocycles. The molecule has 24 heavy (non-hydrogen) atoms. The first-order valence-electron chi connectivity index (χ1n) is 8.30. The summed E-state index contributed by atoms with van der Waals surface area (Å²) in [6.45, 7) is 4.97. The van der Waals surface area contributed by atoms with Crippen molar-refractivity contribution in [3.63, 3.8) is 0 Å². The molecule has 1 aliphatic rings. The van der Waals surface area contributed by atoms with Crippen molar-refractivity contribution in [2.24, 2.45) is 0 Å². The topological polar surface area (TPSA) is 25.6 Å². The summed E-state index contributed by atoms with van der Waals surface area (Å²) in [7, 11) is 0. The first-order chi connectivity index (χ1) is 11.7. The summed E-state index contributed by atoms with van der Waals surface area (Å²) in [5, 5.41) is 1.71. The molecule has 2 heterocycles. The molecule has 1 saturated heterocycles. The van der Waals surface area contributed by atoms with E-state index in [1.165, 1.54) is 18.5 Å². The lowest BCUT2D eigenvalue weighted by Crippen LogP contribution is -2.44. The van der Waals surface area contributed by atoms with Crippen LogP contribution in [-0.4, -0.2) is 17.5 Å². The van der Waals surface area contributed by atoms with E-state index in [0.29, 0.717) is 17.7 Å². The van der Waals surface area contributed by atoms with Gasteiger partial charge in [-0.05, 0) is 49.2 Å². The van der Waals surface area contributed by atoms with Crippen LogP contribution in [0.4, 0.5) is 0 Å². The van der Waals surface area contributed by atoms with Crippen LogP contribution < -0.4 is 4.74 Å². The Kier molecular flexibility index (Phi) is 4.21. The molecule has 1 fully saturated rings. The fourth-order valence-electron chi connectivity index (χ4n) is 3.06. The summed E-state index contributed by atoms with van der Waals surface area (Å²) in [6, 6.07) is 14.7. The van der Waals surface area contributed by atoms with E-state index in [1.54, 1.807) is 6.26 Å². The van der Waals surface area contributed by atoms with Crippen LogP contribution in [0.15, 0.2) is 53.1 Å². The van der Waals surface area contributed by atoms with Crippen molar-refractivity contribution >= 4 is 22.6 Å². The third kappa shape index (κ3) is 3.14. The van der Waals surface area contributed by atoms with Gasteiger partial charge in [0.25, 0.3) is 0 Å². The number of fused-ring (bicyclic) bond motifs is 1. The van der Waals surface area contributed by atoms with Crippen molar-refractivity contribution in [3.05, 3.63) is 64.9 Å². The fraction of sp³-hybridized carbons (Fsp3) is 0.300. The molecular formula is C20H20ClNO2. The number of hydrogen-bond acceptors (Lipinski definition) is 3. The van der Waals surface area contributed by atoms with Gasteiger partial charge in [-0.1, -0.05) is 23.7 Å². The standard InChI is InChI=1S/C20H20ClNO2/c1-14-8-9-22(14)11-15-2-5-18(6-3-15)23-12-16-13-24-20-7-4-17(21)10-19(16)20/h2-7,10,13-14H,8-9,11-12H2,1H3. The van der Waals surface area contributed by atoms with Crippen LogP contribution in [-0.2, 0) is 13.2 Å². The Balaban J connectivity index is 1.40. The summed E-state index contributed by atoms with van der Waals surface area (Å²) in [5.41, 5.74) is 3.16. The van der Waals surface area contributed by atoms with E-state index in [9.17, 15) is 0 Å². The lowest BCUT2D eigenvalue weighted by Gasteiger charge is -2.38. The molecule has 0 N–H and O–H groups in total. The van der Waals surface area contributed by atoms with E-state index in [1.807, 2.05) is 30.3 Å². The SMILES string of the molecule is CC1CCN1Cc1ccc(OCc2coc3ccc(Cl)cc23)cc1. The Morgan fingerprint density at radius 2 is 2.04 bits per heavy atom. The number of hydrogen-bond donors (Lipinski definition) is 0. The number of furan rings is 1. The molecule has 4 heteroatoms. The zero-order valence-electron chi connectivity index (χ0n) is 13.7. The Labute approximate surface area is 146 Å². The lowest BCUT2D eigenvalue weighted by atomic mass is 10.0. The van der Waals surface area contributed by atoms with Crippen molar-refractivity contribution in [1.82, 2.24) is 4.90 Å². The van der Waals surface area contributed by atoms with Gasteiger partial charge in [0.2, 0.25) is 0 Å². The monoisotopic (exact) mass is 341 g/mol. The molecule has 1 aromatic heterocycles. The van der Waals surface area contributed by atoms with Crippen molar-refractivity contribution in [2.75, 3.05) is 6.54 Å². The molecule has 1 atom stereocenters. The highest BCUT2D eigenvalue weighted by molar-refractivity contribution is 6.31. The van der Waals surface area contributed by atoms with Crippen molar-refractivity contribution in [2.45, 2.75) is 32.5 Å². The van der Waals surface area contributed by atoms with E-state index in [2.05, 4.69) is 24.0 Å². The molecule has 124 valence electrons. The van der Waals surface area contributed by atoms with Gasteiger partial charge in [-0.2, -0.15) is 0 Å². The molecular weight excluding hydrogens is 322 g/mol. The second-order valence-electron chi connectivity index (χ2n) is 6.44. The van der Waals surface area contributed by atoms with Crippen LogP contribution in [0.3, 0.4) is 0 Å². The van der Waals surface area contributed by atoms with Crippen LogP contribution in [0, 0.1) is 0 Å². The number of ether oxygens (including phenoxy) is 1. The minimum atomic E-state index is 0.468. The molecule has 0 saturated carbocycles. The summed E-state index contributed by atoms with van der Waals surface area (Å²) in [4.78, 5) is 2.48. The average molecular weight is 342 g/mol. The van der Waals surface area contributed by atoms with Gasteiger partial charge >= 0.3 is 0 Å². The third-order valence-electron chi connectivity index (χ3n) is 4.78. The zero-order chi connectivity index (χ0) is 16.5. The number of nitrogens with zero attached hydrogens (tertiary/aromatic N) is 1. The van der Waals surface area contributed by atoms with E-state index >= 15 is 0 Å². The molecule has 3 nitrogen and oxygen atoms in total. The van der Waals surface area contributed by atoms with Crippen molar-refractivity contribution in [1.29, 1.82) is 0 Å². The summed E-state index contributed by atoms with van der Waals surface area (Å²) >= 11 is 6.06. The van der Waals surface area contributed by atoms with E-state index in [0.717, 1.165) is 28.8 Å². The lowest BCUT2D eigenvalue weighted by molar-refractivity contribution is 0.0959. The molecule has 0 aliphatic carbocycles. The molecule has 0 spiro atoms. The van der Waals surface area contributed by atoms with Gasteiger partial charge in [0.15, 0.2) is 0 Å². The number of likely N-dealkylation sites (tertiary alicyclic amines) is 1. The van der Waals surface area contributed by atoms with E-state index < -0.39 is 0 Å². The van der Waals surface area contributed by atoms with Crippen LogP contribution in [0.25, 0.3) is 11.0 Å². The van der Waals surface area contributed by atoms with Gasteiger partial charge in [0.1, 0.15) is 17.9 Å². The van der Waals surface area contributed by atoms with Crippen LogP contribution in [0.1, 0.15) is 24.5 Å². The first kappa shape index (κ1) is 15.6. The largest absolute Gasteiger partial charge is 0.489 e. The number of rotatable bonds is 5. The Morgan fingerprint density at radius 3 is 2.75 bits per heavy atom. The summed E-state index contributed by atoms with van der Waals surface area (Å²) < 4.78 is 11.4. The fourth-order valence-corrected chi connectivity index (χ4v) is 3.23. The molecule has 0 amide bonds. The van der Waals surface area contributed by atoms with Gasteiger partial charge in [-0.25, -0.2) is 0 Å². The maximum Gasteiger partial charge on any atom is 0.134 e. The predicted octanol–water partition coefficient (Wildman–Crippen LogP) is 5.26. The van der Waals surface area contributed by atoms with Gasteiger partial charge < -0.3 is 9.15 Å². The second-order valence-corrected chi connectivity index (χ2v) is 6.88. The highest BCUT2D eigenvalue weighted by Gasteiger charge is 2.22. The molecule has 0 bridgehead atoms. The summed E-state index contributed by atoms with van der Waals surface area (Å²) in [5.74, 6) is 0.867. The van der Waals surface area contributed by atoms with Crippen LogP contribution in [0.2, 0.25) is 5.02 Å². The Morgan fingerprint density at radius 1 is 1.21 bits per heavy atom. The average Bonchev–Trinajstić information content (AvgIpc) is 2.99. The highest BCUT2D eigenvalue weighted by Crippen LogP contribution is 2.26. The van der Waals surface area contributed by atoms with Crippen molar-refractivity contribution < 1.29 is 9.15 Å². The molecule has 4 rings (SSSR count). The van der Waals surface area contributed by atoms with E-state index in [-0.39, 0.29) is 0 Å².